The number of methoxy groups -OCH3 is 1. The van der Waals surface area contributed by atoms with Gasteiger partial charge in [-0.3, -0.25) is 9.59 Å². The first-order chi connectivity index (χ1) is 9.13. The van der Waals surface area contributed by atoms with Gasteiger partial charge in [0.1, 0.15) is 5.58 Å². The van der Waals surface area contributed by atoms with E-state index in [9.17, 15) is 9.59 Å². The highest BCUT2D eigenvalue weighted by atomic mass is 16.5. The average molecular weight is 261 g/mol. The number of rotatable bonds is 4. The summed E-state index contributed by atoms with van der Waals surface area (Å²) in [7, 11) is 1.31. The summed E-state index contributed by atoms with van der Waals surface area (Å²) in [5.41, 5.74) is 1.48. The Morgan fingerprint density at radius 1 is 1.32 bits per heavy atom. The first-order valence-electron chi connectivity index (χ1n) is 5.96. The molecule has 0 unspecified atom stereocenters. The molecule has 0 fully saturated rings. The molecule has 1 N–H and O–H groups in total. The van der Waals surface area contributed by atoms with Crippen LogP contribution in [-0.4, -0.2) is 25.5 Å². The zero-order valence-electron chi connectivity index (χ0n) is 10.9. The van der Waals surface area contributed by atoms with Gasteiger partial charge in [-0.2, -0.15) is 0 Å². The lowest BCUT2D eigenvalue weighted by atomic mass is 10.1. The first kappa shape index (κ1) is 13.1. The van der Waals surface area contributed by atoms with E-state index in [4.69, 9.17) is 4.42 Å². The Kier molecular flexibility index (Phi) is 3.85. The second-order valence-electron chi connectivity index (χ2n) is 4.13. The standard InChI is InChI=1S/C14H15NO4/c1-9-10-5-3-4-6-11(10)19-13(9)14(17)15-8-7-12(16)18-2/h3-6H,7-8H2,1-2H3,(H,15,17). The molecule has 0 saturated heterocycles. The highest BCUT2D eigenvalue weighted by Crippen LogP contribution is 2.24. The van der Waals surface area contributed by atoms with Crippen LogP contribution in [0.2, 0.25) is 0 Å². The molecule has 0 radical (unpaired) electrons. The zero-order valence-corrected chi connectivity index (χ0v) is 10.9. The van der Waals surface area contributed by atoms with Crippen molar-refractivity contribution < 1.29 is 18.7 Å². The Labute approximate surface area is 110 Å². The number of hydrogen-bond acceptors (Lipinski definition) is 4. The van der Waals surface area contributed by atoms with E-state index in [0.717, 1.165) is 10.9 Å². The molecule has 0 atom stereocenters. The van der Waals surface area contributed by atoms with Crippen molar-refractivity contribution in [1.29, 1.82) is 0 Å². The maximum atomic E-state index is 11.9. The van der Waals surface area contributed by atoms with E-state index in [1.165, 1.54) is 7.11 Å². The van der Waals surface area contributed by atoms with Gasteiger partial charge in [0.15, 0.2) is 5.76 Å². The molecule has 100 valence electrons. The summed E-state index contributed by atoms with van der Waals surface area (Å²) >= 11 is 0. The van der Waals surface area contributed by atoms with Crippen LogP contribution in [0.25, 0.3) is 11.0 Å². The number of ether oxygens (including phenoxy) is 1. The predicted octanol–water partition coefficient (Wildman–Crippen LogP) is 2.03. The van der Waals surface area contributed by atoms with E-state index in [-0.39, 0.29) is 30.6 Å². The van der Waals surface area contributed by atoms with Gasteiger partial charge in [0.2, 0.25) is 0 Å². The quantitative estimate of drug-likeness (QED) is 0.855. The predicted molar refractivity (Wildman–Crippen MR) is 69.9 cm³/mol. The largest absolute Gasteiger partial charge is 0.469 e. The van der Waals surface area contributed by atoms with Crippen molar-refractivity contribution in [2.45, 2.75) is 13.3 Å². The maximum Gasteiger partial charge on any atom is 0.307 e. The Morgan fingerprint density at radius 2 is 2.05 bits per heavy atom. The van der Waals surface area contributed by atoms with E-state index < -0.39 is 0 Å². The Bertz CT molecular complexity index is 615. The van der Waals surface area contributed by atoms with Gasteiger partial charge < -0.3 is 14.5 Å². The molecule has 2 rings (SSSR count). The van der Waals surface area contributed by atoms with Crippen LogP contribution >= 0.6 is 0 Å². The molecular formula is C14H15NO4. The van der Waals surface area contributed by atoms with Gasteiger partial charge in [-0.25, -0.2) is 0 Å². The lowest BCUT2D eigenvalue weighted by Gasteiger charge is -2.02. The van der Waals surface area contributed by atoms with E-state index in [1.54, 1.807) is 0 Å². The molecule has 1 aromatic heterocycles. The van der Waals surface area contributed by atoms with Gasteiger partial charge in [0.05, 0.1) is 13.5 Å². The molecule has 0 aliphatic heterocycles. The lowest BCUT2D eigenvalue weighted by molar-refractivity contribution is -0.140. The molecule has 2 aromatic rings. The number of nitrogens with one attached hydrogen (secondary N) is 1. The molecule has 0 saturated carbocycles. The van der Waals surface area contributed by atoms with Crippen LogP contribution in [0.1, 0.15) is 22.5 Å². The van der Waals surface area contributed by atoms with Crippen LogP contribution in [0.4, 0.5) is 0 Å². The number of benzene rings is 1. The van der Waals surface area contributed by atoms with E-state index in [0.29, 0.717) is 5.58 Å². The fourth-order valence-corrected chi connectivity index (χ4v) is 1.85. The van der Waals surface area contributed by atoms with Crippen LogP contribution in [-0.2, 0) is 9.53 Å². The molecule has 19 heavy (non-hydrogen) atoms. The molecule has 5 nitrogen and oxygen atoms in total. The zero-order chi connectivity index (χ0) is 13.8. The summed E-state index contributed by atoms with van der Waals surface area (Å²) in [6.07, 6.45) is 0.140. The molecule has 1 aromatic carbocycles. The number of hydrogen-bond donors (Lipinski definition) is 1. The molecule has 5 heteroatoms. The van der Waals surface area contributed by atoms with Crippen molar-refractivity contribution >= 4 is 22.8 Å². The minimum Gasteiger partial charge on any atom is -0.469 e. The summed E-state index contributed by atoms with van der Waals surface area (Å²) in [5, 5.41) is 3.55. The van der Waals surface area contributed by atoms with Crippen LogP contribution < -0.4 is 5.32 Å². The number of amides is 1. The lowest BCUT2D eigenvalue weighted by Crippen LogP contribution is -2.26. The number of fused-ring (bicyclic) bond motifs is 1. The third-order valence-electron chi connectivity index (χ3n) is 2.89. The molecule has 0 aliphatic rings. The monoisotopic (exact) mass is 261 g/mol. The molecule has 1 amide bonds. The topological polar surface area (TPSA) is 68.5 Å². The second-order valence-corrected chi connectivity index (χ2v) is 4.13. The van der Waals surface area contributed by atoms with Crippen LogP contribution in [0.5, 0.6) is 0 Å². The normalized spacial score (nSPS) is 10.4. The number of para-hydroxylation sites is 1. The van der Waals surface area contributed by atoms with Crippen LogP contribution in [0.15, 0.2) is 28.7 Å². The first-order valence-corrected chi connectivity index (χ1v) is 5.96. The van der Waals surface area contributed by atoms with Crippen molar-refractivity contribution in [3.63, 3.8) is 0 Å². The van der Waals surface area contributed by atoms with Gasteiger partial charge in [-0.1, -0.05) is 18.2 Å². The van der Waals surface area contributed by atoms with Gasteiger partial charge in [-0.15, -0.1) is 0 Å². The van der Waals surface area contributed by atoms with Crippen molar-refractivity contribution in [2.75, 3.05) is 13.7 Å². The molecule has 0 bridgehead atoms. The van der Waals surface area contributed by atoms with E-state index in [1.807, 2.05) is 31.2 Å². The Balaban J connectivity index is 2.09. The number of aryl methyl sites for hydroxylation is 1. The molecule has 0 spiro atoms. The summed E-state index contributed by atoms with van der Waals surface area (Å²) in [4.78, 5) is 22.9. The number of furan rings is 1. The molecule has 1 heterocycles. The number of esters is 1. The third kappa shape index (κ3) is 2.76. The summed E-state index contributed by atoms with van der Waals surface area (Å²) in [6.45, 7) is 2.06. The summed E-state index contributed by atoms with van der Waals surface area (Å²) < 4.78 is 10.0. The van der Waals surface area contributed by atoms with Crippen molar-refractivity contribution in [3.05, 3.63) is 35.6 Å². The summed E-state index contributed by atoms with van der Waals surface area (Å²) in [5.74, 6) is -0.398. The van der Waals surface area contributed by atoms with Gasteiger partial charge in [0.25, 0.3) is 5.91 Å². The smallest absolute Gasteiger partial charge is 0.307 e. The van der Waals surface area contributed by atoms with E-state index >= 15 is 0 Å². The number of carbonyl (C=O) groups is 2. The Hall–Kier alpha value is -2.30. The number of carbonyl (C=O) groups excluding carboxylic acids is 2. The SMILES string of the molecule is COC(=O)CCNC(=O)c1oc2ccccc2c1C. The molecular weight excluding hydrogens is 246 g/mol. The van der Waals surface area contributed by atoms with E-state index in [2.05, 4.69) is 10.1 Å². The van der Waals surface area contributed by atoms with Crippen molar-refractivity contribution in [3.8, 4) is 0 Å². The Morgan fingerprint density at radius 3 is 2.74 bits per heavy atom. The van der Waals surface area contributed by atoms with Crippen LogP contribution in [0, 0.1) is 6.92 Å². The summed E-state index contributed by atoms with van der Waals surface area (Å²) in [6, 6.07) is 7.46. The maximum absolute atomic E-state index is 11.9. The highest BCUT2D eigenvalue weighted by molar-refractivity contribution is 5.98. The second kappa shape index (κ2) is 5.56. The highest BCUT2D eigenvalue weighted by Gasteiger charge is 2.17. The van der Waals surface area contributed by atoms with Gasteiger partial charge in [0, 0.05) is 17.5 Å². The van der Waals surface area contributed by atoms with Crippen molar-refractivity contribution in [1.82, 2.24) is 5.32 Å². The fourth-order valence-electron chi connectivity index (χ4n) is 1.85. The van der Waals surface area contributed by atoms with Crippen LogP contribution in [0.3, 0.4) is 0 Å². The third-order valence-corrected chi connectivity index (χ3v) is 2.89. The van der Waals surface area contributed by atoms with Gasteiger partial charge in [-0.05, 0) is 13.0 Å². The van der Waals surface area contributed by atoms with Crippen molar-refractivity contribution in [2.24, 2.45) is 0 Å². The average Bonchev–Trinajstić information content (AvgIpc) is 2.76. The fraction of sp³-hybridized carbons (Fsp3) is 0.286. The minimum absolute atomic E-state index is 0.140. The minimum atomic E-state index is -0.360. The molecule has 0 aliphatic carbocycles. The van der Waals surface area contributed by atoms with Gasteiger partial charge >= 0.3 is 5.97 Å².